The van der Waals surface area contributed by atoms with Crippen molar-refractivity contribution in [2.24, 2.45) is 0 Å². The van der Waals surface area contributed by atoms with Gasteiger partial charge in [-0.1, -0.05) is 13.8 Å². The highest BCUT2D eigenvalue weighted by molar-refractivity contribution is 5.98. The minimum absolute atomic E-state index is 0.136. The van der Waals surface area contributed by atoms with E-state index >= 15 is 0 Å². The largest absolute Gasteiger partial charge is 0.496 e. The van der Waals surface area contributed by atoms with Crippen LogP contribution in [0, 0.1) is 17.1 Å². The van der Waals surface area contributed by atoms with Crippen LogP contribution in [-0.4, -0.2) is 41.7 Å². The number of amides is 1. The average Bonchev–Trinajstić information content (AvgIpc) is 3.17. The number of aliphatic hydroxyl groups is 1. The summed E-state index contributed by atoms with van der Waals surface area (Å²) in [4.78, 5) is 15.1. The second-order valence-electron chi connectivity index (χ2n) is 8.92. The number of ether oxygens (including phenoxy) is 1. The second-order valence-corrected chi connectivity index (χ2v) is 8.92. The highest BCUT2D eigenvalue weighted by Crippen LogP contribution is 2.41. The maximum atomic E-state index is 14.2. The molecule has 2 aromatic carbocycles. The number of nitrogens with zero attached hydrogens (tertiary/aromatic N) is 1. The molecule has 3 aromatic rings. The number of methoxy groups -OCH3 is 1. The number of hydrogen-bond acceptors (Lipinski definition) is 4. The van der Waals surface area contributed by atoms with Gasteiger partial charge in [-0.15, -0.1) is 0 Å². The van der Waals surface area contributed by atoms with Crippen LogP contribution in [0.5, 0.6) is 5.75 Å². The maximum Gasteiger partial charge on any atom is 0.267 e. The minimum Gasteiger partial charge on any atom is -0.496 e. The molecule has 1 atom stereocenters. The summed E-state index contributed by atoms with van der Waals surface area (Å²) in [5.74, 6) is -0.619. The Labute approximate surface area is 195 Å². The molecule has 3 rings (SSSR count). The van der Waals surface area contributed by atoms with E-state index in [-0.39, 0.29) is 13.0 Å². The quantitative estimate of drug-likeness (QED) is 0.399. The number of H-pyrrole nitrogens is 1. The van der Waals surface area contributed by atoms with Crippen molar-refractivity contribution in [2.45, 2.75) is 44.1 Å². The summed E-state index contributed by atoms with van der Waals surface area (Å²) in [6.45, 7) is 3.16. The zero-order valence-electron chi connectivity index (χ0n) is 19.1. The number of halogens is 3. The van der Waals surface area contributed by atoms with Crippen LogP contribution < -0.4 is 10.1 Å². The van der Waals surface area contributed by atoms with Crippen LogP contribution in [0.3, 0.4) is 0 Å². The van der Waals surface area contributed by atoms with E-state index in [1.54, 1.807) is 38.1 Å². The fourth-order valence-electron chi connectivity index (χ4n) is 4.27. The van der Waals surface area contributed by atoms with E-state index in [1.165, 1.54) is 25.3 Å². The van der Waals surface area contributed by atoms with Gasteiger partial charge in [0.05, 0.1) is 13.2 Å². The number of aromatic nitrogens is 1. The van der Waals surface area contributed by atoms with Crippen molar-refractivity contribution in [3.8, 4) is 11.8 Å². The van der Waals surface area contributed by atoms with E-state index in [4.69, 9.17) is 10.00 Å². The molecule has 0 aliphatic carbocycles. The van der Waals surface area contributed by atoms with Crippen molar-refractivity contribution < 1.29 is 27.8 Å². The topological polar surface area (TPSA) is 98.1 Å². The van der Waals surface area contributed by atoms with Gasteiger partial charge in [0, 0.05) is 34.1 Å². The predicted molar refractivity (Wildman–Crippen MR) is 121 cm³/mol. The number of nitrogens with one attached hydrogen (secondary N) is 2. The Morgan fingerprint density at radius 3 is 2.62 bits per heavy atom. The van der Waals surface area contributed by atoms with Crippen LogP contribution in [-0.2, 0) is 11.8 Å². The molecule has 6 nitrogen and oxygen atoms in total. The Bertz CT molecular complexity index is 1230. The zero-order valence-corrected chi connectivity index (χ0v) is 19.1. The number of nitriles is 1. The highest BCUT2D eigenvalue weighted by atomic mass is 19.3. The highest BCUT2D eigenvalue weighted by Gasteiger charge is 2.44. The van der Waals surface area contributed by atoms with Crippen LogP contribution >= 0.6 is 0 Å². The molecule has 1 aromatic heterocycles. The molecular formula is C25H26F3N3O3. The Kier molecular flexibility index (Phi) is 7.22. The van der Waals surface area contributed by atoms with Gasteiger partial charge >= 0.3 is 0 Å². The number of rotatable bonds is 9. The number of hydrogen-bond donors (Lipinski definition) is 3. The van der Waals surface area contributed by atoms with E-state index in [9.17, 15) is 23.1 Å². The average molecular weight is 473 g/mol. The Morgan fingerprint density at radius 1 is 1.24 bits per heavy atom. The van der Waals surface area contributed by atoms with Crippen LogP contribution in [0.4, 0.5) is 13.2 Å². The molecule has 0 aliphatic rings. The predicted octanol–water partition coefficient (Wildman–Crippen LogP) is 4.48. The normalized spacial score (nSPS) is 13.5. The fourth-order valence-corrected chi connectivity index (χ4v) is 4.27. The Balaban J connectivity index is 1.90. The summed E-state index contributed by atoms with van der Waals surface area (Å²) in [6.07, 6.45) is -3.84. The second kappa shape index (κ2) is 9.77. The van der Waals surface area contributed by atoms with Gasteiger partial charge in [0.15, 0.2) is 0 Å². The first-order chi connectivity index (χ1) is 16.0. The first-order valence-electron chi connectivity index (χ1n) is 10.6. The van der Waals surface area contributed by atoms with Crippen molar-refractivity contribution in [1.29, 1.82) is 5.26 Å². The zero-order chi connectivity index (χ0) is 25.1. The first kappa shape index (κ1) is 25.1. The lowest BCUT2D eigenvalue weighted by atomic mass is 9.73. The molecule has 180 valence electrons. The monoisotopic (exact) mass is 473 g/mol. The summed E-state index contributed by atoms with van der Waals surface area (Å²) >= 11 is 0. The molecular weight excluding hydrogens is 447 g/mol. The molecule has 9 heteroatoms. The molecule has 1 amide bonds. The maximum absolute atomic E-state index is 14.2. The molecule has 0 saturated heterocycles. The van der Waals surface area contributed by atoms with Gasteiger partial charge in [-0.3, -0.25) is 4.79 Å². The van der Waals surface area contributed by atoms with E-state index in [0.717, 1.165) is 0 Å². The Morgan fingerprint density at radius 2 is 1.97 bits per heavy atom. The van der Waals surface area contributed by atoms with Crippen LogP contribution in [0.15, 0.2) is 42.5 Å². The van der Waals surface area contributed by atoms with Crippen molar-refractivity contribution in [3.05, 3.63) is 65.1 Å². The summed E-state index contributed by atoms with van der Waals surface area (Å²) in [5, 5.41) is 22.7. The van der Waals surface area contributed by atoms with Gasteiger partial charge in [-0.25, -0.2) is 13.2 Å². The fraction of sp³-hybridized carbons (Fsp3) is 0.360. The van der Waals surface area contributed by atoms with E-state index in [0.29, 0.717) is 33.5 Å². The lowest BCUT2D eigenvalue weighted by Crippen LogP contribution is -2.45. The minimum atomic E-state index is -3.08. The number of benzene rings is 2. The Hall–Kier alpha value is -3.51. The number of alkyl halides is 2. The first-order valence-corrected chi connectivity index (χ1v) is 10.6. The van der Waals surface area contributed by atoms with Crippen LogP contribution in [0.2, 0.25) is 0 Å². The van der Waals surface area contributed by atoms with Crippen molar-refractivity contribution >= 4 is 16.8 Å². The van der Waals surface area contributed by atoms with E-state index < -0.39 is 35.6 Å². The van der Waals surface area contributed by atoms with Gasteiger partial charge in [-0.2, -0.15) is 5.26 Å². The van der Waals surface area contributed by atoms with Crippen LogP contribution in [0.25, 0.3) is 10.9 Å². The third-order valence-corrected chi connectivity index (χ3v) is 5.81. The number of fused-ring (bicyclic) bond motifs is 1. The summed E-state index contributed by atoms with van der Waals surface area (Å²) in [6, 6.07) is 12.0. The third kappa shape index (κ3) is 5.34. The summed E-state index contributed by atoms with van der Waals surface area (Å²) in [5.41, 5.74) is -1.81. The molecule has 0 radical (unpaired) electrons. The smallest absolute Gasteiger partial charge is 0.267 e. The SMILES string of the molecule is COc1ccc(F)cc1C(C)(C)CC(O)(Cc1cc2cc(C(=O)NCC#N)ccc2[nH]1)C(F)F. The van der Waals surface area contributed by atoms with Gasteiger partial charge < -0.3 is 20.1 Å². The van der Waals surface area contributed by atoms with Gasteiger partial charge in [-0.05, 0) is 54.3 Å². The summed E-state index contributed by atoms with van der Waals surface area (Å²) < 4.78 is 47.5. The van der Waals surface area contributed by atoms with E-state index in [1.807, 2.05) is 6.07 Å². The van der Waals surface area contributed by atoms with Crippen molar-refractivity contribution in [2.75, 3.05) is 13.7 Å². The van der Waals surface area contributed by atoms with Crippen molar-refractivity contribution in [1.82, 2.24) is 10.3 Å². The third-order valence-electron chi connectivity index (χ3n) is 5.81. The molecule has 0 fully saturated rings. The molecule has 0 bridgehead atoms. The van der Waals surface area contributed by atoms with Gasteiger partial charge in [0.2, 0.25) is 0 Å². The van der Waals surface area contributed by atoms with E-state index in [2.05, 4.69) is 10.3 Å². The van der Waals surface area contributed by atoms with Gasteiger partial charge in [0.1, 0.15) is 23.7 Å². The molecule has 0 aliphatic heterocycles. The lowest BCUT2D eigenvalue weighted by molar-refractivity contribution is -0.110. The molecule has 34 heavy (non-hydrogen) atoms. The molecule has 0 saturated carbocycles. The van der Waals surface area contributed by atoms with Crippen LogP contribution in [0.1, 0.15) is 41.9 Å². The number of aromatic amines is 1. The lowest BCUT2D eigenvalue weighted by Gasteiger charge is -2.36. The molecule has 1 heterocycles. The number of carbonyl (C=O) groups excluding carboxylic acids is 1. The molecule has 0 spiro atoms. The molecule has 3 N–H and O–H groups in total. The van der Waals surface area contributed by atoms with Gasteiger partial charge in [0.25, 0.3) is 12.3 Å². The number of carbonyl (C=O) groups is 1. The van der Waals surface area contributed by atoms with Crippen molar-refractivity contribution in [3.63, 3.8) is 0 Å². The summed E-state index contributed by atoms with van der Waals surface area (Å²) in [7, 11) is 1.41. The molecule has 1 unspecified atom stereocenters. The standard InChI is InChI=1S/C25H26F3N3O3/c1-24(2,19-12-17(26)5-7-21(19)34-3)14-25(33,23(27)28)13-18-11-16-10-15(4-6-20(16)31-18)22(32)30-9-8-29/h4-7,10-12,23,31,33H,9,13-14H2,1-3H3,(H,30,32).